The second-order valence-corrected chi connectivity index (χ2v) is 7.29. The number of methoxy groups -OCH3 is 2. The number of fused-ring (bicyclic) bond motifs is 1. The molecule has 4 rings (SSSR count). The first-order valence-electron chi connectivity index (χ1n) is 10.2. The molecule has 0 bridgehead atoms. The predicted octanol–water partition coefficient (Wildman–Crippen LogP) is 1.09. The van der Waals surface area contributed by atoms with E-state index >= 15 is 0 Å². The lowest BCUT2D eigenvalue weighted by Crippen LogP contribution is -3.15. The SMILES string of the molecule is COc1ccc(Nc2nc(N3CC[NH+](CCO)CC3)nc3ccccc23)c(OC)c1. The topological polar surface area (TPSA) is 84.2 Å². The Hall–Kier alpha value is -3.10. The number of rotatable bonds is 7. The number of piperazine rings is 1. The molecule has 0 amide bonds. The maximum Gasteiger partial charge on any atom is 0.228 e. The molecule has 0 spiro atoms. The zero-order valence-corrected chi connectivity index (χ0v) is 17.4. The minimum Gasteiger partial charge on any atom is -0.497 e. The average Bonchev–Trinajstić information content (AvgIpc) is 2.80. The summed E-state index contributed by atoms with van der Waals surface area (Å²) in [6, 6.07) is 13.6. The van der Waals surface area contributed by atoms with E-state index < -0.39 is 0 Å². The molecule has 0 radical (unpaired) electrons. The van der Waals surface area contributed by atoms with Crippen molar-refractivity contribution in [1.29, 1.82) is 0 Å². The molecule has 8 nitrogen and oxygen atoms in total. The summed E-state index contributed by atoms with van der Waals surface area (Å²) in [5, 5.41) is 13.6. The second kappa shape index (κ2) is 9.15. The van der Waals surface area contributed by atoms with Crippen LogP contribution in [-0.2, 0) is 0 Å². The summed E-state index contributed by atoms with van der Waals surface area (Å²) in [7, 11) is 3.27. The van der Waals surface area contributed by atoms with Gasteiger partial charge in [-0.2, -0.15) is 4.98 Å². The number of hydrogen-bond donors (Lipinski definition) is 3. The minimum atomic E-state index is 0.222. The van der Waals surface area contributed by atoms with Crippen molar-refractivity contribution in [2.45, 2.75) is 0 Å². The van der Waals surface area contributed by atoms with Crippen molar-refractivity contribution < 1.29 is 19.5 Å². The van der Waals surface area contributed by atoms with Gasteiger partial charge in [-0.3, -0.25) is 0 Å². The molecule has 1 fully saturated rings. The summed E-state index contributed by atoms with van der Waals surface area (Å²) >= 11 is 0. The maximum atomic E-state index is 9.19. The van der Waals surface area contributed by atoms with Gasteiger partial charge in [0, 0.05) is 11.5 Å². The highest BCUT2D eigenvalue weighted by Gasteiger charge is 2.22. The highest BCUT2D eigenvalue weighted by molar-refractivity contribution is 5.92. The molecule has 0 unspecified atom stereocenters. The molecule has 2 heterocycles. The number of hydrogen-bond acceptors (Lipinski definition) is 7. The number of nitrogens with one attached hydrogen (secondary N) is 2. The molecule has 8 heteroatoms. The van der Waals surface area contributed by atoms with Crippen LogP contribution in [0.3, 0.4) is 0 Å². The Labute approximate surface area is 176 Å². The number of quaternary nitrogens is 1. The number of anilines is 3. The standard InChI is InChI=1S/C22H27N5O3/c1-29-16-7-8-19(20(15-16)30-2)23-21-17-5-3-4-6-18(17)24-22(25-21)27-11-9-26(10-12-27)13-14-28/h3-8,15,28H,9-14H2,1-2H3,(H,23,24,25)/p+1. The van der Waals surface area contributed by atoms with Gasteiger partial charge in [0.2, 0.25) is 5.95 Å². The van der Waals surface area contributed by atoms with Crippen LogP contribution >= 0.6 is 0 Å². The number of aromatic nitrogens is 2. The molecule has 158 valence electrons. The largest absolute Gasteiger partial charge is 0.497 e. The van der Waals surface area contributed by atoms with E-state index in [4.69, 9.17) is 19.4 Å². The lowest BCUT2D eigenvalue weighted by molar-refractivity contribution is -0.900. The van der Waals surface area contributed by atoms with Crippen molar-refractivity contribution in [1.82, 2.24) is 9.97 Å². The molecule has 1 aliphatic heterocycles. The van der Waals surface area contributed by atoms with Gasteiger partial charge in [0.05, 0.1) is 58.2 Å². The van der Waals surface area contributed by atoms with Crippen molar-refractivity contribution in [2.24, 2.45) is 0 Å². The molecule has 2 aromatic carbocycles. The van der Waals surface area contributed by atoms with Crippen LogP contribution in [0.25, 0.3) is 10.9 Å². The third kappa shape index (κ3) is 4.24. The zero-order chi connectivity index (χ0) is 20.9. The molecule has 0 atom stereocenters. The molecular weight excluding hydrogens is 382 g/mol. The molecule has 0 aliphatic carbocycles. The summed E-state index contributed by atoms with van der Waals surface area (Å²) in [5.41, 5.74) is 1.70. The molecular formula is C22H28N5O3+. The van der Waals surface area contributed by atoms with Crippen molar-refractivity contribution in [3.63, 3.8) is 0 Å². The van der Waals surface area contributed by atoms with Crippen molar-refractivity contribution in [3.05, 3.63) is 42.5 Å². The Balaban J connectivity index is 1.66. The lowest BCUT2D eigenvalue weighted by Gasteiger charge is -2.32. The average molecular weight is 410 g/mol. The monoisotopic (exact) mass is 410 g/mol. The van der Waals surface area contributed by atoms with E-state index in [0.717, 1.165) is 60.9 Å². The fourth-order valence-electron chi connectivity index (χ4n) is 3.76. The van der Waals surface area contributed by atoms with Crippen LogP contribution < -0.4 is 24.6 Å². The molecule has 3 N–H and O–H groups in total. The van der Waals surface area contributed by atoms with Gasteiger partial charge in [-0.15, -0.1) is 0 Å². The van der Waals surface area contributed by atoms with E-state index in [1.807, 2.05) is 42.5 Å². The molecule has 1 aromatic heterocycles. The fourth-order valence-corrected chi connectivity index (χ4v) is 3.76. The van der Waals surface area contributed by atoms with Crippen LogP contribution in [0, 0.1) is 0 Å². The first-order chi connectivity index (χ1) is 14.7. The molecule has 30 heavy (non-hydrogen) atoms. The van der Waals surface area contributed by atoms with Gasteiger partial charge in [-0.25, -0.2) is 4.98 Å². The first kappa shape index (κ1) is 20.2. The predicted molar refractivity (Wildman–Crippen MR) is 117 cm³/mol. The number of aliphatic hydroxyl groups is 1. The van der Waals surface area contributed by atoms with Gasteiger partial charge in [-0.1, -0.05) is 12.1 Å². The number of ether oxygens (including phenoxy) is 2. The number of para-hydroxylation sites is 1. The fraction of sp³-hybridized carbons (Fsp3) is 0.364. The summed E-state index contributed by atoms with van der Waals surface area (Å²) < 4.78 is 10.8. The Morgan fingerprint density at radius 2 is 1.87 bits per heavy atom. The van der Waals surface area contributed by atoms with Crippen molar-refractivity contribution in [3.8, 4) is 11.5 Å². The van der Waals surface area contributed by atoms with Crippen LogP contribution in [0.15, 0.2) is 42.5 Å². The normalized spacial score (nSPS) is 14.7. The van der Waals surface area contributed by atoms with Gasteiger partial charge < -0.3 is 29.7 Å². The highest BCUT2D eigenvalue weighted by Crippen LogP contribution is 2.33. The Morgan fingerprint density at radius 3 is 2.60 bits per heavy atom. The van der Waals surface area contributed by atoms with Gasteiger partial charge >= 0.3 is 0 Å². The van der Waals surface area contributed by atoms with E-state index in [1.54, 1.807) is 14.2 Å². The summed E-state index contributed by atoms with van der Waals surface area (Å²) in [4.78, 5) is 13.3. The smallest absolute Gasteiger partial charge is 0.228 e. The van der Waals surface area contributed by atoms with Gasteiger partial charge in [-0.05, 0) is 24.3 Å². The van der Waals surface area contributed by atoms with E-state index in [-0.39, 0.29) is 6.61 Å². The van der Waals surface area contributed by atoms with Gasteiger partial charge in [0.25, 0.3) is 0 Å². The third-order valence-corrected chi connectivity index (χ3v) is 5.47. The second-order valence-electron chi connectivity index (χ2n) is 7.29. The summed E-state index contributed by atoms with van der Waals surface area (Å²) in [6.07, 6.45) is 0. The van der Waals surface area contributed by atoms with E-state index in [2.05, 4.69) is 10.2 Å². The molecule has 0 saturated carbocycles. The Bertz CT molecular complexity index is 1010. The maximum absolute atomic E-state index is 9.19. The number of aliphatic hydroxyl groups excluding tert-OH is 1. The van der Waals surface area contributed by atoms with Crippen LogP contribution in [-0.4, -0.2) is 68.6 Å². The number of nitrogens with zero attached hydrogens (tertiary/aromatic N) is 3. The van der Waals surface area contributed by atoms with Crippen LogP contribution in [0.1, 0.15) is 0 Å². The highest BCUT2D eigenvalue weighted by atomic mass is 16.5. The quantitative estimate of drug-likeness (QED) is 0.538. The summed E-state index contributed by atoms with van der Waals surface area (Å²) in [6.45, 7) is 4.66. The number of benzene rings is 2. The van der Waals surface area contributed by atoms with Crippen molar-refractivity contribution in [2.75, 3.05) is 63.8 Å². The lowest BCUT2D eigenvalue weighted by atomic mass is 10.2. The zero-order valence-electron chi connectivity index (χ0n) is 17.4. The Kier molecular flexibility index (Phi) is 6.15. The van der Waals surface area contributed by atoms with Crippen LogP contribution in [0.5, 0.6) is 11.5 Å². The third-order valence-electron chi connectivity index (χ3n) is 5.47. The molecule has 1 saturated heterocycles. The first-order valence-corrected chi connectivity index (χ1v) is 10.2. The van der Waals surface area contributed by atoms with E-state index in [1.165, 1.54) is 4.90 Å². The van der Waals surface area contributed by atoms with E-state index in [9.17, 15) is 5.11 Å². The van der Waals surface area contributed by atoms with Crippen LogP contribution in [0.4, 0.5) is 17.5 Å². The van der Waals surface area contributed by atoms with Crippen LogP contribution in [0.2, 0.25) is 0 Å². The molecule has 1 aliphatic rings. The van der Waals surface area contributed by atoms with Gasteiger partial charge in [0.15, 0.2) is 0 Å². The molecule has 3 aromatic rings. The van der Waals surface area contributed by atoms with E-state index in [0.29, 0.717) is 11.7 Å². The Morgan fingerprint density at radius 1 is 1.07 bits per heavy atom. The van der Waals surface area contributed by atoms with Gasteiger partial charge in [0.1, 0.15) is 23.9 Å². The minimum absolute atomic E-state index is 0.222. The van der Waals surface area contributed by atoms with Crippen molar-refractivity contribution >= 4 is 28.4 Å². The summed E-state index contributed by atoms with van der Waals surface area (Å²) in [5.74, 6) is 2.87.